The van der Waals surface area contributed by atoms with Crippen molar-refractivity contribution in [1.82, 2.24) is 10.3 Å². The molecule has 3 aromatic rings. The highest BCUT2D eigenvalue weighted by atomic mass is 19.1. The van der Waals surface area contributed by atoms with Crippen LogP contribution in [0.5, 0.6) is 0 Å². The van der Waals surface area contributed by atoms with E-state index in [0.29, 0.717) is 19.4 Å². The van der Waals surface area contributed by atoms with Crippen molar-refractivity contribution in [2.24, 2.45) is 5.16 Å². The fourth-order valence-corrected chi connectivity index (χ4v) is 4.55. The van der Waals surface area contributed by atoms with Crippen molar-refractivity contribution in [2.45, 2.75) is 44.1 Å². The average Bonchev–Trinajstić information content (AvgIpc) is 3.37. The molecule has 2 N–H and O–H groups in total. The Bertz CT molecular complexity index is 1100. The molecule has 0 unspecified atom stereocenters. The van der Waals surface area contributed by atoms with Gasteiger partial charge in [-0.05, 0) is 48.6 Å². The van der Waals surface area contributed by atoms with Crippen LogP contribution in [0, 0.1) is 5.82 Å². The smallest absolute Gasteiger partial charge is 0.229 e. The molecule has 0 fully saturated rings. The maximum Gasteiger partial charge on any atom is 0.229 e. The lowest BCUT2D eigenvalue weighted by Crippen LogP contribution is -2.36. The minimum Gasteiger partial charge on any atom is -0.390 e. The molecule has 2 aromatic carbocycles. The third-order valence-corrected chi connectivity index (χ3v) is 6.05. The van der Waals surface area contributed by atoms with E-state index in [1.807, 2.05) is 12.1 Å². The molecule has 2 aliphatic rings. The second-order valence-corrected chi connectivity index (χ2v) is 8.15. The number of H-pyrrole nitrogens is 1. The number of carbonyl (C=O) groups is 1. The first kappa shape index (κ1) is 18.9. The third kappa shape index (κ3) is 3.70. The molecule has 5 nitrogen and oxygen atoms in total. The minimum atomic E-state index is -0.246. The number of nitrogens with one attached hydrogen (secondary N) is 2. The van der Waals surface area contributed by atoms with Gasteiger partial charge in [0, 0.05) is 29.4 Å². The highest BCUT2D eigenvalue weighted by molar-refractivity contribution is 5.91. The highest BCUT2D eigenvalue weighted by Crippen LogP contribution is 2.36. The number of fused-ring (bicyclic) bond motifs is 3. The van der Waals surface area contributed by atoms with Gasteiger partial charge in [-0.15, -0.1) is 0 Å². The minimum absolute atomic E-state index is 0.0399. The van der Waals surface area contributed by atoms with Crippen LogP contribution in [-0.4, -0.2) is 29.3 Å². The second kappa shape index (κ2) is 7.94. The van der Waals surface area contributed by atoms with E-state index < -0.39 is 0 Å². The number of benzene rings is 2. The fraction of sp³-hybridized carbons (Fsp3) is 0.333. The molecule has 0 bridgehead atoms. The number of oxime groups is 1. The number of halogens is 1. The first-order valence-corrected chi connectivity index (χ1v) is 10.5. The van der Waals surface area contributed by atoms with Crippen LogP contribution in [0.25, 0.3) is 10.9 Å². The largest absolute Gasteiger partial charge is 0.390 e. The molecule has 1 amide bonds. The molecule has 154 valence electrons. The zero-order chi connectivity index (χ0) is 20.5. The summed E-state index contributed by atoms with van der Waals surface area (Å²) in [4.78, 5) is 21.9. The Balaban J connectivity index is 1.18. The number of aryl methyl sites for hydroxylation is 1. The third-order valence-electron chi connectivity index (χ3n) is 6.05. The van der Waals surface area contributed by atoms with E-state index in [0.717, 1.165) is 41.7 Å². The van der Waals surface area contributed by atoms with E-state index in [9.17, 15) is 9.18 Å². The average molecular weight is 405 g/mol. The van der Waals surface area contributed by atoms with Gasteiger partial charge < -0.3 is 15.1 Å². The number of rotatable bonds is 5. The molecule has 2 heterocycles. The SMILES string of the molecule is O=C(NC[C@@H]1CC(Cc2ccc(F)cc2)=NO1)[C@@H]1CCCc2c1[nH]c1ccccc21. The second-order valence-electron chi connectivity index (χ2n) is 8.15. The predicted octanol–water partition coefficient (Wildman–Crippen LogP) is 4.23. The van der Waals surface area contributed by atoms with E-state index in [-0.39, 0.29) is 23.7 Å². The number of amides is 1. The lowest BCUT2D eigenvalue weighted by Gasteiger charge is -2.22. The van der Waals surface area contributed by atoms with Crippen molar-refractivity contribution in [1.29, 1.82) is 0 Å². The molecule has 6 heteroatoms. The summed E-state index contributed by atoms with van der Waals surface area (Å²) in [6, 6.07) is 14.7. The van der Waals surface area contributed by atoms with Crippen LogP contribution in [-0.2, 0) is 22.5 Å². The standard InChI is InChI=1S/C24H24FN3O2/c25-16-10-8-15(9-11-16)12-17-13-18(30-28-17)14-26-24(29)21-6-3-5-20-19-4-1-2-7-22(19)27-23(20)21/h1-2,4,7-11,18,21,27H,3,5-6,12-14H2,(H,26,29)/t18-,21+/m0/s1. The van der Waals surface area contributed by atoms with E-state index in [4.69, 9.17) is 4.84 Å². The van der Waals surface area contributed by atoms with Gasteiger partial charge in [0.2, 0.25) is 5.91 Å². The molecule has 1 aromatic heterocycles. The van der Waals surface area contributed by atoms with Crippen molar-refractivity contribution in [3.8, 4) is 0 Å². The summed E-state index contributed by atoms with van der Waals surface area (Å²) < 4.78 is 13.0. The number of para-hydroxylation sites is 1. The number of hydrogen-bond donors (Lipinski definition) is 2. The highest BCUT2D eigenvalue weighted by Gasteiger charge is 2.30. The zero-order valence-corrected chi connectivity index (χ0v) is 16.7. The number of nitrogens with zero attached hydrogens (tertiary/aromatic N) is 1. The van der Waals surface area contributed by atoms with Crippen molar-refractivity contribution >= 4 is 22.5 Å². The molecule has 30 heavy (non-hydrogen) atoms. The number of carbonyl (C=O) groups excluding carboxylic acids is 1. The Morgan fingerprint density at radius 3 is 2.90 bits per heavy atom. The van der Waals surface area contributed by atoms with E-state index in [2.05, 4.69) is 27.6 Å². The normalized spacial score (nSPS) is 20.5. The van der Waals surface area contributed by atoms with Crippen molar-refractivity contribution in [2.75, 3.05) is 6.54 Å². The van der Waals surface area contributed by atoms with Crippen LogP contribution in [0.4, 0.5) is 4.39 Å². The van der Waals surface area contributed by atoms with Gasteiger partial charge in [-0.25, -0.2) is 4.39 Å². The van der Waals surface area contributed by atoms with Crippen LogP contribution in [0.3, 0.4) is 0 Å². The van der Waals surface area contributed by atoms with E-state index >= 15 is 0 Å². The molecule has 0 spiro atoms. The van der Waals surface area contributed by atoms with Crippen LogP contribution in [0.15, 0.2) is 53.7 Å². The number of aromatic nitrogens is 1. The Morgan fingerprint density at radius 1 is 1.20 bits per heavy atom. The summed E-state index contributed by atoms with van der Waals surface area (Å²) in [6.45, 7) is 0.432. The van der Waals surface area contributed by atoms with Gasteiger partial charge in [0.1, 0.15) is 11.9 Å². The Kier molecular flexibility index (Phi) is 4.99. The van der Waals surface area contributed by atoms with E-state index in [1.165, 1.54) is 23.1 Å². The Hall–Kier alpha value is -3.15. The molecule has 1 aliphatic carbocycles. The number of aromatic amines is 1. The summed E-state index contributed by atoms with van der Waals surface area (Å²) in [5.74, 6) is -0.356. The van der Waals surface area contributed by atoms with Crippen molar-refractivity contribution < 1.29 is 14.0 Å². The molecule has 0 saturated heterocycles. The molecule has 2 atom stereocenters. The molecule has 0 radical (unpaired) electrons. The summed E-state index contributed by atoms with van der Waals surface area (Å²) in [7, 11) is 0. The van der Waals surface area contributed by atoms with Crippen LogP contribution in [0.1, 0.15) is 42.0 Å². The van der Waals surface area contributed by atoms with Gasteiger partial charge in [0.25, 0.3) is 0 Å². The van der Waals surface area contributed by atoms with Crippen LogP contribution >= 0.6 is 0 Å². The van der Waals surface area contributed by atoms with Gasteiger partial charge in [-0.3, -0.25) is 4.79 Å². The summed E-state index contributed by atoms with van der Waals surface area (Å²) >= 11 is 0. The first-order chi connectivity index (χ1) is 14.7. The van der Waals surface area contributed by atoms with Crippen LogP contribution in [0.2, 0.25) is 0 Å². The van der Waals surface area contributed by atoms with Gasteiger partial charge in [-0.1, -0.05) is 35.5 Å². The number of hydrogen-bond acceptors (Lipinski definition) is 3. The summed E-state index contributed by atoms with van der Waals surface area (Å²) in [5, 5.41) is 8.45. The maximum atomic E-state index is 13.0. The first-order valence-electron chi connectivity index (χ1n) is 10.5. The summed E-state index contributed by atoms with van der Waals surface area (Å²) in [6.07, 6.45) is 4.01. The Labute approximate surface area is 174 Å². The molecular weight excluding hydrogens is 381 g/mol. The monoisotopic (exact) mass is 405 g/mol. The Morgan fingerprint density at radius 2 is 2.03 bits per heavy atom. The van der Waals surface area contributed by atoms with Gasteiger partial charge in [-0.2, -0.15) is 0 Å². The van der Waals surface area contributed by atoms with Crippen LogP contribution < -0.4 is 5.32 Å². The quantitative estimate of drug-likeness (QED) is 0.667. The predicted molar refractivity (Wildman–Crippen MR) is 114 cm³/mol. The van der Waals surface area contributed by atoms with Gasteiger partial charge in [0.05, 0.1) is 18.2 Å². The topological polar surface area (TPSA) is 66.5 Å². The lowest BCUT2D eigenvalue weighted by atomic mass is 9.86. The zero-order valence-electron chi connectivity index (χ0n) is 16.7. The molecular formula is C24H24FN3O2. The molecule has 0 saturated carbocycles. The van der Waals surface area contributed by atoms with Gasteiger partial charge in [0.15, 0.2) is 0 Å². The van der Waals surface area contributed by atoms with Crippen molar-refractivity contribution in [3.63, 3.8) is 0 Å². The fourth-order valence-electron chi connectivity index (χ4n) is 4.55. The maximum absolute atomic E-state index is 13.0. The van der Waals surface area contributed by atoms with Gasteiger partial charge >= 0.3 is 0 Å². The lowest BCUT2D eigenvalue weighted by molar-refractivity contribution is -0.123. The van der Waals surface area contributed by atoms with E-state index in [1.54, 1.807) is 12.1 Å². The molecule has 5 rings (SSSR count). The van der Waals surface area contributed by atoms with Crippen molar-refractivity contribution in [3.05, 3.63) is 71.2 Å². The summed E-state index contributed by atoms with van der Waals surface area (Å²) in [5.41, 5.74) is 5.34. The molecule has 1 aliphatic heterocycles.